The zero-order valence-electron chi connectivity index (χ0n) is 5.35. The fourth-order valence-corrected chi connectivity index (χ4v) is 0.285. The summed E-state index contributed by atoms with van der Waals surface area (Å²) < 4.78 is 0. The van der Waals surface area contributed by atoms with E-state index in [9.17, 15) is 4.79 Å². The summed E-state index contributed by atoms with van der Waals surface area (Å²) in [5, 5.41) is 0. The third-order valence-electron chi connectivity index (χ3n) is 0.610. The van der Waals surface area contributed by atoms with Gasteiger partial charge in [0, 0.05) is 12.5 Å². The van der Waals surface area contributed by atoms with Crippen LogP contribution in [0.2, 0.25) is 0 Å². The quantitative estimate of drug-likeness (QED) is 0.399. The number of carbonyl (C=O) groups is 1. The van der Waals surface area contributed by atoms with E-state index in [4.69, 9.17) is 5.73 Å². The third-order valence-corrected chi connectivity index (χ3v) is 0.610. The highest BCUT2D eigenvalue weighted by atomic mass is 16.1. The van der Waals surface area contributed by atoms with E-state index in [1.54, 1.807) is 0 Å². The molecule has 0 aliphatic heterocycles. The zero-order chi connectivity index (χ0) is 7.11. The molecule has 0 saturated heterocycles. The second kappa shape index (κ2) is 4.92. The average Bonchev–Trinajstić information content (AvgIpc) is 1.80. The van der Waals surface area contributed by atoms with Crippen LogP contribution in [0.1, 0.15) is 13.3 Å². The van der Waals surface area contributed by atoms with Crippen molar-refractivity contribution in [2.75, 3.05) is 0 Å². The minimum absolute atomic E-state index is 0.458. The van der Waals surface area contributed by atoms with Crippen LogP contribution in [0.3, 0.4) is 0 Å². The summed E-state index contributed by atoms with van der Waals surface area (Å²) in [4.78, 5) is 10.0. The highest BCUT2D eigenvalue weighted by molar-refractivity contribution is 5.86. The molecule has 0 aliphatic carbocycles. The standard InChI is InChI=1S/C7H9NO/c1-2-3-4-5-6-7(8)9/h5-6H,2H2,1H3,(H2,8,9)/b6-5-. The van der Waals surface area contributed by atoms with Crippen LogP contribution in [0.4, 0.5) is 0 Å². The number of hydrogen-bond acceptors (Lipinski definition) is 1. The second-order valence-electron chi connectivity index (χ2n) is 1.41. The number of rotatable bonds is 1. The van der Waals surface area contributed by atoms with Crippen molar-refractivity contribution in [1.82, 2.24) is 0 Å². The maximum atomic E-state index is 10.0. The van der Waals surface area contributed by atoms with Crippen LogP contribution in [0.15, 0.2) is 12.2 Å². The predicted octanol–water partition coefficient (Wildman–Crippen LogP) is 0.441. The lowest BCUT2D eigenvalue weighted by molar-refractivity contribution is -0.113. The van der Waals surface area contributed by atoms with Gasteiger partial charge in [-0.15, -0.1) is 0 Å². The zero-order valence-corrected chi connectivity index (χ0v) is 5.35. The molecule has 0 heterocycles. The first-order valence-corrected chi connectivity index (χ1v) is 2.71. The average molecular weight is 123 g/mol. The lowest BCUT2D eigenvalue weighted by Crippen LogP contribution is -2.04. The number of nitrogens with two attached hydrogens (primary N) is 1. The van der Waals surface area contributed by atoms with E-state index in [1.165, 1.54) is 12.2 Å². The second-order valence-corrected chi connectivity index (χ2v) is 1.41. The third kappa shape index (κ3) is 6.77. The summed E-state index contributed by atoms with van der Waals surface area (Å²) in [5.74, 6) is 4.94. The van der Waals surface area contributed by atoms with Gasteiger partial charge in [-0.1, -0.05) is 18.8 Å². The molecule has 0 saturated carbocycles. The molecule has 0 aromatic heterocycles. The lowest BCUT2D eigenvalue weighted by Gasteiger charge is -1.72. The molecule has 0 rings (SSSR count). The smallest absolute Gasteiger partial charge is 0.242 e. The summed E-state index contributed by atoms with van der Waals surface area (Å²) in [7, 11) is 0. The van der Waals surface area contributed by atoms with Gasteiger partial charge in [0.15, 0.2) is 0 Å². The van der Waals surface area contributed by atoms with Crippen LogP contribution in [-0.2, 0) is 4.79 Å². The SMILES string of the molecule is CCC#C/C=C\C(N)=O. The number of hydrogen-bond donors (Lipinski definition) is 1. The fourth-order valence-electron chi connectivity index (χ4n) is 0.285. The van der Waals surface area contributed by atoms with Gasteiger partial charge in [0.05, 0.1) is 0 Å². The Morgan fingerprint density at radius 1 is 1.78 bits per heavy atom. The van der Waals surface area contributed by atoms with Gasteiger partial charge in [-0.25, -0.2) is 0 Å². The molecule has 9 heavy (non-hydrogen) atoms. The molecule has 0 aromatic rings. The number of amides is 1. The molecule has 0 spiro atoms. The summed E-state index contributed by atoms with van der Waals surface area (Å²) in [6.07, 6.45) is 3.48. The Balaban J connectivity index is 3.59. The van der Waals surface area contributed by atoms with Crippen molar-refractivity contribution < 1.29 is 4.79 Å². The molecule has 0 radical (unpaired) electrons. The molecule has 0 bridgehead atoms. The van der Waals surface area contributed by atoms with E-state index < -0.39 is 5.91 Å². The van der Waals surface area contributed by atoms with Gasteiger partial charge in [-0.3, -0.25) is 4.79 Å². The minimum Gasteiger partial charge on any atom is -0.366 e. The molecule has 0 unspecified atom stereocenters. The normalized spacial score (nSPS) is 8.56. The molecule has 0 atom stereocenters. The van der Waals surface area contributed by atoms with E-state index in [0.717, 1.165) is 6.42 Å². The molecule has 0 aliphatic rings. The summed E-state index contributed by atoms with van der Waals surface area (Å²) in [6, 6.07) is 0. The molecule has 1 amide bonds. The Morgan fingerprint density at radius 3 is 2.89 bits per heavy atom. The van der Waals surface area contributed by atoms with Crippen LogP contribution in [-0.4, -0.2) is 5.91 Å². The molecule has 2 N–H and O–H groups in total. The van der Waals surface area contributed by atoms with Gasteiger partial charge in [0.1, 0.15) is 0 Å². The largest absolute Gasteiger partial charge is 0.366 e. The summed E-state index contributed by atoms with van der Waals surface area (Å²) >= 11 is 0. The van der Waals surface area contributed by atoms with Crippen molar-refractivity contribution in [2.24, 2.45) is 5.73 Å². The summed E-state index contributed by atoms with van der Waals surface area (Å²) in [5.41, 5.74) is 4.78. The van der Waals surface area contributed by atoms with Crippen molar-refractivity contribution in [3.05, 3.63) is 12.2 Å². The van der Waals surface area contributed by atoms with Crippen LogP contribution >= 0.6 is 0 Å². The summed E-state index contributed by atoms with van der Waals surface area (Å²) in [6.45, 7) is 1.94. The first-order chi connectivity index (χ1) is 4.27. The van der Waals surface area contributed by atoms with E-state index >= 15 is 0 Å². The van der Waals surface area contributed by atoms with Crippen LogP contribution < -0.4 is 5.73 Å². The molecule has 0 fully saturated rings. The molecular weight excluding hydrogens is 114 g/mol. The van der Waals surface area contributed by atoms with Crippen LogP contribution in [0.5, 0.6) is 0 Å². The van der Waals surface area contributed by atoms with Gasteiger partial charge >= 0.3 is 0 Å². The van der Waals surface area contributed by atoms with Crippen molar-refractivity contribution in [1.29, 1.82) is 0 Å². The first kappa shape index (κ1) is 7.77. The monoisotopic (exact) mass is 123 g/mol. The Bertz CT molecular complexity index is 171. The fraction of sp³-hybridized carbons (Fsp3) is 0.286. The van der Waals surface area contributed by atoms with Gasteiger partial charge in [-0.2, -0.15) is 0 Å². The van der Waals surface area contributed by atoms with E-state index in [2.05, 4.69) is 11.8 Å². The van der Waals surface area contributed by atoms with Crippen molar-refractivity contribution in [3.8, 4) is 11.8 Å². The maximum Gasteiger partial charge on any atom is 0.242 e. The maximum absolute atomic E-state index is 10.0. The van der Waals surface area contributed by atoms with Gasteiger partial charge in [0.2, 0.25) is 5.91 Å². The predicted molar refractivity (Wildman–Crippen MR) is 36.4 cm³/mol. The Morgan fingerprint density at radius 2 is 2.44 bits per heavy atom. The lowest BCUT2D eigenvalue weighted by atomic mass is 10.4. The molecule has 0 aromatic carbocycles. The highest BCUT2D eigenvalue weighted by Gasteiger charge is 1.75. The highest BCUT2D eigenvalue weighted by Crippen LogP contribution is 1.70. The van der Waals surface area contributed by atoms with Crippen molar-refractivity contribution in [2.45, 2.75) is 13.3 Å². The molecule has 48 valence electrons. The van der Waals surface area contributed by atoms with Crippen molar-refractivity contribution >= 4 is 5.91 Å². The minimum atomic E-state index is -0.458. The topological polar surface area (TPSA) is 43.1 Å². The van der Waals surface area contributed by atoms with Gasteiger partial charge < -0.3 is 5.73 Å². The van der Waals surface area contributed by atoms with Gasteiger partial charge in [0.25, 0.3) is 0 Å². The van der Waals surface area contributed by atoms with Crippen LogP contribution in [0, 0.1) is 11.8 Å². The van der Waals surface area contributed by atoms with E-state index in [-0.39, 0.29) is 0 Å². The number of carbonyl (C=O) groups excluding carboxylic acids is 1. The van der Waals surface area contributed by atoms with E-state index in [0.29, 0.717) is 0 Å². The molecular formula is C7H9NO. The van der Waals surface area contributed by atoms with Crippen molar-refractivity contribution in [3.63, 3.8) is 0 Å². The molecule has 2 heteroatoms. The number of allylic oxidation sites excluding steroid dienone is 1. The van der Waals surface area contributed by atoms with E-state index in [1.807, 2.05) is 6.92 Å². The van der Waals surface area contributed by atoms with Crippen LogP contribution in [0.25, 0.3) is 0 Å². The van der Waals surface area contributed by atoms with Gasteiger partial charge in [-0.05, 0) is 6.08 Å². The number of primary amides is 1. The Kier molecular flexibility index (Phi) is 4.25. The Labute approximate surface area is 54.7 Å². The Hall–Kier alpha value is -1.23. The first-order valence-electron chi connectivity index (χ1n) is 2.71. The molecule has 2 nitrogen and oxygen atoms in total.